The summed E-state index contributed by atoms with van der Waals surface area (Å²) < 4.78 is 0. The Labute approximate surface area is 85.9 Å². The van der Waals surface area contributed by atoms with E-state index in [0.717, 1.165) is 12.4 Å². The zero-order valence-electron chi connectivity index (χ0n) is 9.39. The van der Waals surface area contributed by atoms with Gasteiger partial charge in [0.15, 0.2) is 0 Å². The molecule has 1 aromatic rings. The smallest absolute Gasteiger partial charge is 0.130 e. The summed E-state index contributed by atoms with van der Waals surface area (Å²) in [4.78, 5) is 4.33. The average molecular weight is 193 g/mol. The summed E-state index contributed by atoms with van der Waals surface area (Å²) in [6.45, 7) is 7.23. The normalized spacial score (nSPS) is 11.4. The number of aromatic nitrogens is 1. The van der Waals surface area contributed by atoms with Gasteiger partial charge in [0, 0.05) is 23.8 Å². The second-order valence-corrected chi connectivity index (χ2v) is 4.42. The van der Waals surface area contributed by atoms with Crippen molar-refractivity contribution in [2.75, 3.05) is 12.4 Å². The predicted molar refractivity (Wildman–Crippen MR) is 60.4 cm³/mol. The Balaban J connectivity index is 2.84. The van der Waals surface area contributed by atoms with Gasteiger partial charge in [-0.15, -0.1) is 0 Å². The molecule has 0 saturated carbocycles. The molecule has 0 spiro atoms. The summed E-state index contributed by atoms with van der Waals surface area (Å²) in [6.07, 6.45) is 1.81. The Bertz CT molecular complexity index is 289. The fourth-order valence-electron chi connectivity index (χ4n) is 1.24. The molecule has 0 aliphatic carbocycles. The topological polar surface area (TPSA) is 37.0 Å². The van der Waals surface area contributed by atoms with E-state index in [0.29, 0.717) is 0 Å². The molecule has 3 nitrogen and oxygen atoms in total. The quantitative estimate of drug-likeness (QED) is 0.771. The van der Waals surface area contributed by atoms with Gasteiger partial charge in [0.25, 0.3) is 0 Å². The lowest BCUT2D eigenvalue weighted by Gasteiger charge is -2.23. The van der Waals surface area contributed by atoms with Crippen LogP contribution in [-0.2, 0) is 6.54 Å². The van der Waals surface area contributed by atoms with Gasteiger partial charge in [0.05, 0.1) is 0 Å². The number of hydrogen-bond donors (Lipinski definition) is 2. The maximum Gasteiger partial charge on any atom is 0.130 e. The molecule has 0 radical (unpaired) electrons. The van der Waals surface area contributed by atoms with Crippen molar-refractivity contribution in [2.45, 2.75) is 32.9 Å². The van der Waals surface area contributed by atoms with Crippen molar-refractivity contribution in [3.8, 4) is 0 Å². The fraction of sp³-hybridized carbons (Fsp3) is 0.545. The second kappa shape index (κ2) is 4.42. The number of hydrogen-bond acceptors (Lipinski definition) is 3. The molecule has 3 heteroatoms. The highest BCUT2D eigenvalue weighted by Crippen LogP contribution is 2.16. The molecule has 0 aliphatic rings. The largest absolute Gasteiger partial charge is 0.365 e. The van der Waals surface area contributed by atoms with E-state index >= 15 is 0 Å². The first-order chi connectivity index (χ1) is 6.53. The summed E-state index contributed by atoms with van der Waals surface area (Å²) in [6, 6.07) is 4.04. The lowest BCUT2D eigenvalue weighted by atomic mass is 10.1. The summed E-state index contributed by atoms with van der Waals surface area (Å²) in [5.41, 5.74) is 1.25. The molecule has 1 rings (SSSR count). The van der Waals surface area contributed by atoms with E-state index in [2.05, 4.69) is 42.5 Å². The van der Waals surface area contributed by atoms with E-state index in [9.17, 15) is 0 Å². The highest BCUT2D eigenvalue weighted by atomic mass is 15.0. The number of nitrogens with one attached hydrogen (secondary N) is 2. The summed E-state index contributed by atoms with van der Waals surface area (Å²) in [5.74, 6) is 0.967. The number of rotatable bonds is 3. The van der Waals surface area contributed by atoms with Crippen molar-refractivity contribution in [3.63, 3.8) is 0 Å². The number of pyridine rings is 1. The zero-order valence-corrected chi connectivity index (χ0v) is 9.39. The Morgan fingerprint density at radius 3 is 2.64 bits per heavy atom. The van der Waals surface area contributed by atoms with Gasteiger partial charge in [0.2, 0.25) is 0 Å². The highest BCUT2D eigenvalue weighted by molar-refractivity contribution is 5.45. The molecule has 14 heavy (non-hydrogen) atoms. The first kappa shape index (κ1) is 11.0. The molecular formula is C11H19N3. The molecule has 0 saturated heterocycles. The molecule has 0 bridgehead atoms. The molecular weight excluding hydrogens is 174 g/mol. The lowest BCUT2D eigenvalue weighted by molar-refractivity contribution is 0.627. The third-order valence-corrected chi connectivity index (χ3v) is 1.75. The van der Waals surface area contributed by atoms with Crippen LogP contribution in [0.15, 0.2) is 18.3 Å². The third-order valence-electron chi connectivity index (χ3n) is 1.75. The van der Waals surface area contributed by atoms with Crippen LogP contribution in [0.2, 0.25) is 0 Å². The van der Waals surface area contributed by atoms with Gasteiger partial charge in [-0.2, -0.15) is 0 Å². The van der Waals surface area contributed by atoms with Crippen molar-refractivity contribution in [1.29, 1.82) is 0 Å². The maximum atomic E-state index is 4.33. The van der Waals surface area contributed by atoms with Crippen molar-refractivity contribution in [1.82, 2.24) is 10.3 Å². The van der Waals surface area contributed by atoms with Crippen LogP contribution in [-0.4, -0.2) is 17.6 Å². The molecule has 0 aromatic carbocycles. The molecule has 2 N–H and O–H groups in total. The Hall–Kier alpha value is -1.09. The summed E-state index contributed by atoms with van der Waals surface area (Å²) >= 11 is 0. The average Bonchev–Trinajstić information content (AvgIpc) is 2.06. The van der Waals surface area contributed by atoms with Crippen molar-refractivity contribution in [3.05, 3.63) is 23.9 Å². The van der Waals surface area contributed by atoms with Crippen molar-refractivity contribution in [2.24, 2.45) is 0 Å². The van der Waals surface area contributed by atoms with Crippen LogP contribution >= 0.6 is 0 Å². The third kappa shape index (κ3) is 3.34. The monoisotopic (exact) mass is 193 g/mol. The van der Waals surface area contributed by atoms with E-state index < -0.39 is 0 Å². The van der Waals surface area contributed by atoms with Crippen molar-refractivity contribution >= 4 is 5.82 Å². The van der Waals surface area contributed by atoms with Crippen LogP contribution in [0.25, 0.3) is 0 Å². The molecule has 1 aromatic heterocycles. The van der Waals surface area contributed by atoms with Crippen LogP contribution in [0.4, 0.5) is 5.82 Å². The molecule has 78 valence electrons. The minimum absolute atomic E-state index is 0.0524. The van der Waals surface area contributed by atoms with Crippen LogP contribution in [0.1, 0.15) is 26.3 Å². The number of anilines is 1. The number of nitrogens with zero attached hydrogens (tertiary/aromatic N) is 1. The molecule has 0 aliphatic heterocycles. The van der Waals surface area contributed by atoms with Gasteiger partial charge in [-0.25, -0.2) is 4.98 Å². The SMILES string of the molecule is CNCc1cccnc1NC(C)(C)C. The molecule has 0 unspecified atom stereocenters. The van der Waals surface area contributed by atoms with Crippen LogP contribution in [0, 0.1) is 0 Å². The lowest BCUT2D eigenvalue weighted by Crippen LogP contribution is -2.27. The van der Waals surface area contributed by atoms with E-state index in [-0.39, 0.29) is 5.54 Å². The fourth-order valence-corrected chi connectivity index (χ4v) is 1.24. The predicted octanol–water partition coefficient (Wildman–Crippen LogP) is 2.01. The standard InChI is InChI=1S/C11H19N3/c1-11(2,3)14-10-9(8-12-4)6-5-7-13-10/h5-7,12H,8H2,1-4H3,(H,13,14). The first-order valence-electron chi connectivity index (χ1n) is 4.89. The molecule has 1 heterocycles. The molecule has 0 amide bonds. The van der Waals surface area contributed by atoms with Gasteiger partial charge in [-0.05, 0) is 33.9 Å². The van der Waals surface area contributed by atoms with Crippen LogP contribution in [0.3, 0.4) is 0 Å². The van der Waals surface area contributed by atoms with Gasteiger partial charge in [-0.1, -0.05) is 6.07 Å². The summed E-state index contributed by atoms with van der Waals surface area (Å²) in [7, 11) is 1.94. The minimum Gasteiger partial charge on any atom is -0.365 e. The minimum atomic E-state index is 0.0524. The van der Waals surface area contributed by atoms with E-state index in [1.54, 1.807) is 0 Å². The molecule has 0 fully saturated rings. The zero-order chi connectivity index (χ0) is 10.6. The Morgan fingerprint density at radius 1 is 1.36 bits per heavy atom. The van der Waals surface area contributed by atoms with Gasteiger partial charge >= 0.3 is 0 Å². The van der Waals surface area contributed by atoms with Crippen LogP contribution < -0.4 is 10.6 Å². The van der Waals surface area contributed by atoms with Gasteiger partial charge in [0.1, 0.15) is 5.82 Å². The summed E-state index contributed by atoms with van der Waals surface area (Å²) in [5, 5.41) is 6.51. The Kier molecular flexibility index (Phi) is 3.47. The van der Waals surface area contributed by atoms with Gasteiger partial charge < -0.3 is 10.6 Å². The van der Waals surface area contributed by atoms with Crippen molar-refractivity contribution < 1.29 is 0 Å². The Morgan fingerprint density at radius 2 is 2.07 bits per heavy atom. The van der Waals surface area contributed by atoms with E-state index in [1.165, 1.54) is 5.56 Å². The first-order valence-corrected chi connectivity index (χ1v) is 4.89. The van der Waals surface area contributed by atoms with E-state index in [4.69, 9.17) is 0 Å². The van der Waals surface area contributed by atoms with Crippen LogP contribution in [0.5, 0.6) is 0 Å². The molecule has 0 atom stereocenters. The highest BCUT2D eigenvalue weighted by Gasteiger charge is 2.12. The second-order valence-electron chi connectivity index (χ2n) is 4.42. The van der Waals surface area contributed by atoms with E-state index in [1.807, 2.05) is 19.3 Å². The van der Waals surface area contributed by atoms with Gasteiger partial charge in [-0.3, -0.25) is 0 Å². The maximum absolute atomic E-state index is 4.33.